The average Bonchev–Trinajstić information content (AvgIpc) is 2.87. The minimum Gasteiger partial charge on any atom is -0.497 e. The fraction of sp³-hybridized carbons (Fsp3) is 0.214. The number of carbonyl (C=O) groups excluding carboxylic acids is 1. The third-order valence-electron chi connectivity index (χ3n) is 5.75. The highest BCUT2D eigenvalue weighted by Crippen LogP contribution is 2.27. The molecule has 4 N–H and O–H groups in total. The Morgan fingerprint density at radius 1 is 1.06 bits per heavy atom. The zero-order valence-corrected chi connectivity index (χ0v) is 20.2. The van der Waals surface area contributed by atoms with Gasteiger partial charge in [-0.3, -0.25) is 4.79 Å². The van der Waals surface area contributed by atoms with Crippen LogP contribution in [0.3, 0.4) is 0 Å². The van der Waals surface area contributed by atoms with Crippen LogP contribution < -0.4 is 16.2 Å². The number of nitrogen functional groups attached to an aromatic ring is 2. The second-order valence-electron chi connectivity index (χ2n) is 8.22. The van der Waals surface area contributed by atoms with Crippen molar-refractivity contribution in [1.29, 1.82) is 0 Å². The predicted molar refractivity (Wildman–Crippen MR) is 139 cm³/mol. The third kappa shape index (κ3) is 5.88. The van der Waals surface area contributed by atoms with Crippen LogP contribution in [-0.2, 0) is 22.6 Å². The number of ether oxygens (including phenoxy) is 2. The van der Waals surface area contributed by atoms with Gasteiger partial charge in [0.2, 0.25) is 5.95 Å². The van der Waals surface area contributed by atoms with Crippen molar-refractivity contribution in [3.8, 4) is 17.6 Å². The highest BCUT2D eigenvalue weighted by atomic mass is 16.5. The molecule has 0 spiro atoms. The van der Waals surface area contributed by atoms with Crippen molar-refractivity contribution in [3.63, 3.8) is 0 Å². The molecular formula is C28H27N5O3. The molecule has 0 aliphatic rings. The maximum absolute atomic E-state index is 12.1. The van der Waals surface area contributed by atoms with Crippen molar-refractivity contribution in [2.45, 2.75) is 32.8 Å². The number of carbonyl (C=O) groups is 1. The van der Waals surface area contributed by atoms with Gasteiger partial charge in [0.1, 0.15) is 18.2 Å². The van der Waals surface area contributed by atoms with E-state index in [1.807, 2.05) is 55.5 Å². The molecule has 0 radical (unpaired) electrons. The van der Waals surface area contributed by atoms with E-state index < -0.39 is 0 Å². The molecule has 0 atom stereocenters. The number of rotatable bonds is 7. The molecular weight excluding hydrogens is 454 g/mol. The van der Waals surface area contributed by atoms with E-state index in [9.17, 15) is 4.79 Å². The van der Waals surface area contributed by atoms with E-state index in [0.717, 1.165) is 33.6 Å². The Morgan fingerprint density at radius 3 is 2.64 bits per heavy atom. The Morgan fingerprint density at radius 2 is 1.86 bits per heavy atom. The summed E-state index contributed by atoms with van der Waals surface area (Å²) >= 11 is 0. The van der Waals surface area contributed by atoms with Gasteiger partial charge in [0.05, 0.1) is 18.9 Å². The van der Waals surface area contributed by atoms with Crippen molar-refractivity contribution in [3.05, 3.63) is 82.5 Å². The maximum Gasteiger partial charge on any atom is 0.307 e. The number of hydrogen-bond acceptors (Lipinski definition) is 8. The maximum atomic E-state index is 12.1. The first-order valence-corrected chi connectivity index (χ1v) is 11.5. The van der Waals surface area contributed by atoms with Crippen LogP contribution in [0.1, 0.15) is 40.7 Å². The number of nitrogens with zero attached hydrogens (tertiary/aromatic N) is 3. The fourth-order valence-electron chi connectivity index (χ4n) is 3.81. The molecule has 0 amide bonds. The van der Waals surface area contributed by atoms with E-state index in [0.29, 0.717) is 29.7 Å². The molecule has 0 bridgehead atoms. The van der Waals surface area contributed by atoms with Gasteiger partial charge < -0.3 is 20.9 Å². The topological polar surface area (TPSA) is 126 Å². The van der Waals surface area contributed by atoms with Crippen LogP contribution >= 0.6 is 0 Å². The molecule has 0 fully saturated rings. The standard InChI is InChI=1S/C28H27N5O3/c1-18-22(16-31-27-25(18)26(29)32-28(30)33-27)14-21-15-23(35-2)13-12-20(21)10-6-7-11-24(34)36-17-19-8-4-3-5-9-19/h3-5,8-9,12-13,15-16H,7,11,14,17H2,1-2H3,(H4,29,30,31,32,33). The molecule has 8 nitrogen and oxygen atoms in total. The predicted octanol–water partition coefficient (Wildman–Crippen LogP) is 3.97. The Labute approximate surface area is 209 Å². The molecule has 4 rings (SSSR count). The lowest BCUT2D eigenvalue weighted by Crippen LogP contribution is -2.05. The van der Waals surface area contributed by atoms with Crippen LogP contribution in [0.4, 0.5) is 11.8 Å². The fourth-order valence-corrected chi connectivity index (χ4v) is 3.81. The number of esters is 1. The van der Waals surface area contributed by atoms with Crippen molar-refractivity contribution >= 4 is 28.8 Å². The van der Waals surface area contributed by atoms with E-state index in [2.05, 4.69) is 26.8 Å². The average molecular weight is 482 g/mol. The van der Waals surface area contributed by atoms with Gasteiger partial charge in [-0.15, -0.1) is 0 Å². The minimum absolute atomic E-state index is 0.0916. The van der Waals surface area contributed by atoms with E-state index in [1.165, 1.54) is 0 Å². The summed E-state index contributed by atoms with van der Waals surface area (Å²) in [6.45, 7) is 2.22. The summed E-state index contributed by atoms with van der Waals surface area (Å²) in [5, 5.41) is 0.686. The summed E-state index contributed by atoms with van der Waals surface area (Å²) in [4.78, 5) is 24.8. The molecule has 182 valence electrons. The van der Waals surface area contributed by atoms with E-state index in [4.69, 9.17) is 20.9 Å². The summed E-state index contributed by atoms with van der Waals surface area (Å²) in [5.74, 6) is 7.12. The normalized spacial score (nSPS) is 10.5. The van der Waals surface area contributed by atoms with Gasteiger partial charge in [0, 0.05) is 24.6 Å². The lowest BCUT2D eigenvalue weighted by atomic mass is 9.96. The monoisotopic (exact) mass is 481 g/mol. The minimum atomic E-state index is -0.276. The van der Waals surface area contributed by atoms with Crippen molar-refractivity contribution in [2.24, 2.45) is 0 Å². The summed E-state index contributed by atoms with van der Waals surface area (Å²) in [7, 11) is 1.62. The number of benzene rings is 2. The number of nitrogens with two attached hydrogens (primary N) is 2. The largest absolute Gasteiger partial charge is 0.497 e. The molecule has 2 aromatic carbocycles. The van der Waals surface area contributed by atoms with E-state index in [1.54, 1.807) is 13.3 Å². The highest BCUT2D eigenvalue weighted by molar-refractivity contribution is 5.90. The second kappa shape index (κ2) is 11.2. The molecule has 2 heterocycles. The third-order valence-corrected chi connectivity index (χ3v) is 5.75. The van der Waals surface area contributed by atoms with Gasteiger partial charge in [0.15, 0.2) is 5.65 Å². The summed E-state index contributed by atoms with van der Waals surface area (Å²) in [6.07, 6.45) is 2.94. The van der Waals surface area contributed by atoms with E-state index >= 15 is 0 Å². The molecule has 0 aliphatic heterocycles. The summed E-state index contributed by atoms with van der Waals surface area (Å²) in [6, 6.07) is 15.3. The number of fused-ring (bicyclic) bond motifs is 1. The first-order valence-electron chi connectivity index (χ1n) is 11.5. The number of aryl methyl sites for hydroxylation is 1. The van der Waals surface area contributed by atoms with Gasteiger partial charge in [-0.1, -0.05) is 42.2 Å². The van der Waals surface area contributed by atoms with Crippen LogP contribution in [0.25, 0.3) is 11.0 Å². The molecule has 0 unspecified atom stereocenters. The quantitative estimate of drug-likeness (QED) is 0.300. The Kier molecular flexibility index (Phi) is 7.61. The zero-order valence-electron chi connectivity index (χ0n) is 20.2. The molecule has 0 saturated heterocycles. The highest BCUT2D eigenvalue weighted by Gasteiger charge is 2.13. The number of hydrogen-bond donors (Lipinski definition) is 2. The van der Waals surface area contributed by atoms with Crippen molar-refractivity contribution < 1.29 is 14.3 Å². The van der Waals surface area contributed by atoms with Gasteiger partial charge >= 0.3 is 5.97 Å². The van der Waals surface area contributed by atoms with Crippen LogP contribution in [0.2, 0.25) is 0 Å². The molecule has 2 aromatic heterocycles. The van der Waals surface area contributed by atoms with Crippen molar-refractivity contribution in [1.82, 2.24) is 15.0 Å². The number of pyridine rings is 1. The molecule has 0 saturated carbocycles. The first-order chi connectivity index (χ1) is 17.4. The zero-order chi connectivity index (χ0) is 25.5. The van der Waals surface area contributed by atoms with Crippen LogP contribution in [0, 0.1) is 18.8 Å². The lowest BCUT2D eigenvalue weighted by Gasteiger charge is -2.12. The second-order valence-corrected chi connectivity index (χ2v) is 8.22. The summed E-state index contributed by atoms with van der Waals surface area (Å²) < 4.78 is 10.7. The van der Waals surface area contributed by atoms with E-state index in [-0.39, 0.29) is 24.9 Å². The molecule has 8 heteroatoms. The van der Waals surface area contributed by atoms with Gasteiger partial charge in [0.25, 0.3) is 0 Å². The first kappa shape index (κ1) is 24.5. The smallest absolute Gasteiger partial charge is 0.307 e. The van der Waals surface area contributed by atoms with Crippen molar-refractivity contribution in [2.75, 3.05) is 18.6 Å². The molecule has 0 aliphatic carbocycles. The van der Waals surface area contributed by atoms with Gasteiger partial charge in [-0.25, -0.2) is 4.98 Å². The van der Waals surface area contributed by atoms with Crippen LogP contribution in [0.15, 0.2) is 54.7 Å². The molecule has 4 aromatic rings. The Bertz CT molecular complexity index is 1460. The summed E-state index contributed by atoms with van der Waals surface area (Å²) in [5.41, 5.74) is 16.9. The van der Waals surface area contributed by atoms with Gasteiger partial charge in [-0.2, -0.15) is 9.97 Å². The lowest BCUT2D eigenvalue weighted by molar-refractivity contribution is -0.144. The Balaban J connectivity index is 1.49. The Hall–Kier alpha value is -4.64. The van der Waals surface area contributed by atoms with Gasteiger partial charge in [-0.05, 0) is 47.4 Å². The SMILES string of the molecule is COc1ccc(C#CCCC(=O)OCc2ccccc2)c(Cc2cnc3nc(N)nc(N)c3c2C)c1. The number of anilines is 2. The molecule has 36 heavy (non-hydrogen) atoms. The van der Waals surface area contributed by atoms with Crippen LogP contribution in [0.5, 0.6) is 5.75 Å². The van der Waals surface area contributed by atoms with Crippen LogP contribution in [-0.4, -0.2) is 28.0 Å². The number of aromatic nitrogens is 3. The number of methoxy groups -OCH3 is 1.